The molecule has 30 heavy (non-hydrogen) atoms. The van der Waals surface area contributed by atoms with Crippen molar-refractivity contribution in [2.75, 3.05) is 35.2 Å². The molecule has 162 valence electrons. The monoisotopic (exact) mass is 417 g/mol. The van der Waals surface area contributed by atoms with E-state index in [0.29, 0.717) is 23.7 Å². The minimum atomic E-state index is -0.524. The van der Waals surface area contributed by atoms with Crippen LogP contribution in [0.2, 0.25) is 0 Å². The number of aliphatic hydroxyl groups is 1. The predicted octanol–water partition coefficient (Wildman–Crippen LogP) is 4.29. The Hall–Kier alpha value is -2.94. The quantitative estimate of drug-likeness (QED) is 0.476. The lowest BCUT2D eigenvalue weighted by atomic mass is 9.98. The summed E-state index contributed by atoms with van der Waals surface area (Å²) in [6, 6.07) is 7.56. The van der Waals surface area contributed by atoms with Gasteiger partial charge in [0.25, 0.3) is 0 Å². The summed E-state index contributed by atoms with van der Waals surface area (Å²) in [6.07, 6.45) is 1.83. The number of pyridine rings is 1. The van der Waals surface area contributed by atoms with Gasteiger partial charge in [-0.05, 0) is 63.8 Å². The Kier molecular flexibility index (Phi) is 6.40. The van der Waals surface area contributed by atoms with Crippen LogP contribution in [-0.4, -0.2) is 40.2 Å². The minimum absolute atomic E-state index is 0.0414. The molecule has 1 fully saturated rings. The summed E-state index contributed by atoms with van der Waals surface area (Å²) in [6.45, 7) is 7.30. The number of benzene rings is 1. The van der Waals surface area contributed by atoms with E-state index in [1.807, 2.05) is 25.7 Å². The fourth-order valence-corrected chi connectivity index (χ4v) is 3.56. The molecule has 1 aliphatic rings. The Morgan fingerprint density at radius 3 is 2.73 bits per heavy atom. The van der Waals surface area contributed by atoms with Gasteiger partial charge < -0.3 is 20.6 Å². The Morgan fingerprint density at radius 2 is 2.10 bits per heavy atom. The first-order chi connectivity index (χ1) is 14.2. The maximum atomic E-state index is 14.8. The smallest absolute Gasteiger partial charge is 0.311 e. The molecule has 1 saturated heterocycles. The average molecular weight is 417 g/mol. The zero-order valence-electron chi connectivity index (χ0n) is 17.5. The van der Waals surface area contributed by atoms with Gasteiger partial charge in [-0.2, -0.15) is 0 Å². The summed E-state index contributed by atoms with van der Waals surface area (Å²) in [5.41, 5.74) is 0.371. The van der Waals surface area contributed by atoms with Gasteiger partial charge in [-0.25, -0.2) is 9.37 Å². The van der Waals surface area contributed by atoms with Crippen LogP contribution in [0.5, 0.6) is 0 Å². The zero-order valence-corrected chi connectivity index (χ0v) is 17.5. The lowest BCUT2D eigenvalue weighted by Gasteiger charge is -2.33. The molecule has 2 aromatic rings. The number of anilines is 4. The molecule has 9 heteroatoms. The first-order valence-electron chi connectivity index (χ1n) is 10.0. The van der Waals surface area contributed by atoms with Crippen LogP contribution in [0.3, 0.4) is 0 Å². The number of halogens is 1. The topological polar surface area (TPSA) is 104 Å². The number of hydrogen-bond acceptors (Lipinski definition) is 7. The van der Waals surface area contributed by atoms with Gasteiger partial charge in [-0.3, -0.25) is 10.1 Å². The Labute approximate surface area is 175 Å². The van der Waals surface area contributed by atoms with Crippen LogP contribution in [0.25, 0.3) is 0 Å². The molecule has 0 aliphatic carbocycles. The molecule has 1 aromatic heterocycles. The molecule has 3 N–H and O–H groups in total. The number of rotatable bonds is 6. The number of aliphatic hydroxyl groups excluding tert-OH is 1. The van der Waals surface area contributed by atoms with Crippen LogP contribution in [0.15, 0.2) is 30.3 Å². The molecule has 1 atom stereocenters. The van der Waals surface area contributed by atoms with Crippen LogP contribution in [-0.2, 0) is 0 Å². The standard InChI is InChI=1S/C21H28FN5O3/c1-21(2,3)25-19-9-8-18(27(29)30)20(24-19)23-15-6-7-17(16(22)11-15)26-10-4-5-14(12-26)13-28/h6-9,11,14,28H,4-5,10,12-13H2,1-3H3,(H2,23,24,25). The van der Waals surface area contributed by atoms with Crippen LogP contribution in [0.4, 0.5) is 33.1 Å². The van der Waals surface area contributed by atoms with Crippen molar-refractivity contribution < 1.29 is 14.4 Å². The third-order valence-corrected chi connectivity index (χ3v) is 4.90. The van der Waals surface area contributed by atoms with E-state index >= 15 is 0 Å². The molecule has 2 heterocycles. The largest absolute Gasteiger partial charge is 0.396 e. The summed E-state index contributed by atoms with van der Waals surface area (Å²) in [4.78, 5) is 17.1. The van der Waals surface area contributed by atoms with Gasteiger partial charge >= 0.3 is 5.69 Å². The SMILES string of the molecule is CC(C)(C)Nc1ccc([N+](=O)[O-])c(Nc2ccc(N3CCCC(CO)C3)c(F)c2)n1. The molecule has 0 amide bonds. The molecule has 8 nitrogen and oxygen atoms in total. The third kappa shape index (κ3) is 5.35. The van der Waals surface area contributed by atoms with E-state index in [2.05, 4.69) is 15.6 Å². The molecule has 1 unspecified atom stereocenters. The molecule has 1 aromatic carbocycles. The molecule has 0 saturated carbocycles. The first kappa shape index (κ1) is 21.8. The van der Waals surface area contributed by atoms with Gasteiger partial charge in [-0.15, -0.1) is 0 Å². The van der Waals surface area contributed by atoms with Gasteiger partial charge in [0.15, 0.2) is 0 Å². The second-order valence-electron chi connectivity index (χ2n) is 8.62. The van der Waals surface area contributed by atoms with Crippen molar-refractivity contribution in [3.05, 3.63) is 46.3 Å². The molecular weight excluding hydrogens is 389 g/mol. The van der Waals surface area contributed by atoms with Crippen LogP contribution in [0.1, 0.15) is 33.6 Å². The predicted molar refractivity (Wildman–Crippen MR) is 116 cm³/mol. The summed E-state index contributed by atoms with van der Waals surface area (Å²) in [5, 5.41) is 26.9. The Balaban J connectivity index is 1.84. The van der Waals surface area contributed by atoms with Crippen LogP contribution in [0, 0.1) is 21.8 Å². The van der Waals surface area contributed by atoms with Crippen molar-refractivity contribution in [1.29, 1.82) is 0 Å². The Morgan fingerprint density at radius 1 is 1.33 bits per heavy atom. The molecule has 0 bridgehead atoms. The molecule has 1 aliphatic heterocycles. The van der Waals surface area contributed by atoms with Gasteiger partial charge in [0, 0.05) is 37.0 Å². The summed E-state index contributed by atoms with van der Waals surface area (Å²) < 4.78 is 14.8. The average Bonchev–Trinajstić information content (AvgIpc) is 2.67. The van der Waals surface area contributed by atoms with E-state index in [4.69, 9.17) is 0 Å². The Bertz CT molecular complexity index is 916. The highest BCUT2D eigenvalue weighted by atomic mass is 19.1. The zero-order chi connectivity index (χ0) is 21.9. The number of nitrogens with one attached hydrogen (secondary N) is 2. The number of hydrogen-bond donors (Lipinski definition) is 3. The summed E-state index contributed by atoms with van der Waals surface area (Å²) in [7, 11) is 0. The number of nitrogens with zero attached hydrogens (tertiary/aromatic N) is 3. The van der Waals surface area contributed by atoms with E-state index in [1.165, 1.54) is 12.1 Å². The van der Waals surface area contributed by atoms with Crippen molar-refractivity contribution in [1.82, 2.24) is 4.98 Å². The first-order valence-corrected chi connectivity index (χ1v) is 10.0. The number of nitro groups is 1. The highest BCUT2D eigenvalue weighted by Gasteiger charge is 2.23. The summed E-state index contributed by atoms with van der Waals surface area (Å²) >= 11 is 0. The molecule has 0 spiro atoms. The van der Waals surface area contributed by atoms with E-state index in [1.54, 1.807) is 18.2 Å². The van der Waals surface area contributed by atoms with Crippen molar-refractivity contribution in [3.63, 3.8) is 0 Å². The fourth-order valence-electron chi connectivity index (χ4n) is 3.56. The second-order valence-corrected chi connectivity index (χ2v) is 8.62. The highest BCUT2D eigenvalue weighted by Crippen LogP contribution is 2.31. The maximum Gasteiger partial charge on any atom is 0.311 e. The lowest BCUT2D eigenvalue weighted by Crippen LogP contribution is -2.37. The highest BCUT2D eigenvalue weighted by molar-refractivity contribution is 5.69. The van der Waals surface area contributed by atoms with E-state index in [-0.39, 0.29) is 29.6 Å². The third-order valence-electron chi connectivity index (χ3n) is 4.90. The normalized spacial score (nSPS) is 17.0. The molecule has 0 radical (unpaired) electrons. The van der Waals surface area contributed by atoms with Crippen molar-refractivity contribution in [2.24, 2.45) is 5.92 Å². The van der Waals surface area contributed by atoms with E-state index in [9.17, 15) is 19.6 Å². The van der Waals surface area contributed by atoms with Crippen molar-refractivity contribution in [3.8, 4) is 0 Å². The number of piperidine rings is 1. The summed E-state index contributed by atoms with van der Waals surface area (Å²) in [5.74, 6) is 0.238. The number of aromatic nitrogens is 1. The van der Waals surface area contributed by atoms with Gasteiger partial charge in [0.1, 0.15) is 11.6 Å². The molecular formula is C21H28FN5O3. The van der Waals surface area contributed by atoms with Crippen LogP contribution >= 0.6 is 0 Å². The van der Waals surface area contributed by atoms with Gasteiger partial charge in [0.2, 0.25) is 5.82 Å². The fraction of sp³-hybridized carbons (Fsp3) is 0.476. The molecule has 3 rings (SSSR count). The van der Waals surface area contributed by atoms with Crippen molar-refractivity contribution in [2.45, 2.75) is 39.2 Å². The van der Waals surface area contributed by atoms with Gasteiger partial charge in [-0.1, -0.05) is 0 Å². The maximum absolute atomic E-state index is 14.8. The van der Waals surface area contributed by atoms with E-state index in [0.717, 1.165) is 19.4 Å². The minimum Gasteiger partial charge on any atom is -0.396 e. The van der Waals surface area contributed by atoms with Gasteiger partial charge in [0.05, 0.1) is 10.6 Å². The van der Waals surface area contributed by atoms with Crippen LogP contribution < -0.4 is 15.5 Å². The van der Waals surface area contributed by atoms with E-state index < -0.39 is 10.7 Å². The van der Waals surface area contributed by atoms with Crippen molar-refractivity contribution >= 4 is 28.7 Å². The second kappa shape index (κ2) is 8.83. The lowest BCUT2D eigenvalue weighted by molar-refractivity contribution is -0.384.